The van der Waals surface area contributed by atoms with Crippen molar-refractivity contribution in [2.75, 3.05) is 6.61 Å². The van der Waals surface area contributed by atoms with E-state index >= 15 is 0 Å². The van der Waals surface area contributed by atoms with Gasteiger partial charge in [0.15, 0.2) is 0 Å². The number of hydrogen-bond acceptors (Lipinski definition) is 3. The SMILES string of the molecule is CC(C)C#Cc1ccc([C@H]2[C@H](C#N)N(C(=O)C3CCC3)[C@H]2CO)cc1. The summed E-state index contributed by atoms with van der Waals surface area (Å²) in [7, 11) is 0. The summed E-state index contributed by atoms with van der Waals surface area (Å²) in [6.07, 6.45) is 2.88. The van der Waals surface area contributed by atoms with Crippen LogP contribution >= 0.6 is 0 Å². The number of carbonyl (C=O) groups excluding carboxylic acids is 1. The van der Waals surface area contributed by atoms with E-state index in [1.165, 1.54) is 0 Å². The Morgan fingerprint density at radius 2 is 2.00 bits per heavy atom. The number of hydrogen-bond donors (Lipinski definition) is 1. The Balaban J connectivity index is 1.78. The Morgan fingerprint density at radius 3 is 2.48 bits per heavy atom. The highest BCUT2D eigenvalue weighted by molar-refractivity contribution is 5.82. The zero-order valence-electron chi connectivity index (χ0n) is 14.8. The van der Waals surface area contributed by atoms with Crippen molar-refractivity contribution in [2.24, 2.45) is 11.8 Å². The van der Waals surface area contributed by atoms with E-state index in [1.807, 2.05) is 38.1 Å². The Labute approximate surface area is 149 Å². The van der Waals surface area contributed by atoms with Crippen LogP contribution in [-0.2, 0) is 4.79 Å². The van der Waals surface area contributed by atoms with Crippen molar-refractivity contribution in [3.8, 4) is 17.9 Å². The molecule has 4 heteroatoms. The van der Waals surface area contributed by atoms with Crippen molar-refractivity contribution in [1.29, 1.82) is 5.26 Å². The number of nitrogens with zero attached hydrogens (tertiary/aromatic N) is 2. The zero-order chi connectivity index (χ0) is 18.0. The van der Waals surface area contributed by atoms with E-state index in [4.69, 9.17) is 0 Å². The molecule has 1 saturated carbocycles. The maximum absolute atomic E-state index is 12.6. The Morgan fingerprint density at radius 1 is 1.32 bits per heavy atom. The van der Waals surface area contributed by atoms with Crippen LogP contribution in [0.25, 0.3) is 0 Å². The lowest BCUT2D eigenvalue weighted by Crippen LogP contribution is -2.66. The summed E-state index contributed by atoms with van der Waals surface area (Å²) < 4.78 is 0. The summed E-state index contributed by atoms with van der Waals surface area (Å²) in [5.74, 6) is 6.52. The van der Waals surface area contributed by atoms with Crippen molar-refractivity contribution in [3.63, 3.8) is 0 Å². The molecule has 3 rings (SSSR count). The highest BCUT2D eigenvalue weighted by atomic mass is 16.3. The predicted molar refractivity (Wildman–Crippen MR) is 95.4 cm³/mol. The van der Waals surface area contributed by atoms with Gasteiger partial charge in [-0.15, -0.1) is 0 Å². The molecule has 1 saturated heterocycles. The summed E-state index contributed by atoms with van der Waals surface area (Å²) in [6.45, 7) is 3.98. The van der Waals surface area contributed by atoms with Gasteiger partial charge in [0.25, 0.3) is 0 Å². The minimum absolute atomic E-state index is 0.0347. The molecule has 0 aromatic heterocycles. The van der Waals surface area contributed by atoms with Crippen molar-refractivity contribution in [1.82, 2.24) is 4.90 Å². The van der Waals surface area contributed by atoms with Crippen LogP contribution < -0.4 is 0 Å². The molecule has 0 spiro atoms. The molecular weight excluding hydrogens is 312 g/mol. The number of rotatable bonds is 3. The number of nitriles is 1. The number of aliphatic hydroxyl groups excluding tert-OH is 1. The van der Waals surface area contributed by atoms with Crippen LogP contribution in [0.3, 0.4) is 0 Å². The second kappa shape index (κ2) is 7.30. The summed E-state index contributed by atoms with van der Waals surface area (Å²) in [5.41, 5.74) is 1.92. The van der Waals surface area contributed by atoms with E-state index in [9.17, 15) is 15.2 Å². The number of amides is 1. The maximum Gasteiger partial charge on any atom is 0.227 e. The molecule has 0 bridgehead atoms. The number of likely N-dealkylation sites (tertiary alicyclic amines) is 1. The Kier molecular flexibility index (Phi) is 5.11. The molecule has 1 aromatic rings. The quantitative estimate of drug-likeness (QED) is 0.863. The molecule has 130 valence electrons. The molecule has 25 heavy (non-hydrogen) atoms. The molecule has 1 heterocycles. The lowest BCUT2D eigenvalue weighted by atomic mass is 9.73. The minimum Gasteiger partial charge on any atom is -0.394 e. The molecule has 2 fully saturated rings. The summed E-state index contributed by atoms with van der Waals surface area (Å²) >= 11 is 0. The molecular formula is C21H24N2O2. The molecule has 1 aromatic carbocycles. The van der Waals surface area contributed by atoms with Gasteiger partial charge in [0.05, 0.1) is 18.7 Å². The standard InChI is InChI=1S/C21H24N2O2/c1-14(2)6-7-15-8-10-16(11-9-15)20-18(12-22)23(19(20)13-24)21(25)17-4-3-5-17/h8-11,14,17-20,24H,3-5,13H2,1-2H3/t18-,19-,20-/m0/s1. The summed E-state index contributed by atoms with van der Waals surface area (Å²) in [5, 5.41) is 19.4. The van der Waals surface area contributed by atoms with Gasteiger partial charge in [-0.2, -0.15) is 5.26 Å². The van der Waals surface area contributed by atoms with Gasteiger partial charge in [0.1, 0.15) is 6.04 Å². The third kappa shape index (κ3) is 3.28. The fraction of sp³-hybridized carbons (Fsp3) is 0.524. The Hall–Kier alpha value is -2.30. The molecule has 1 aliphatic heterocycles. The minimum atomic E-state index is -0.488. The second-order valence-electron chi connectivity index (χ2n) is 7.27. The molecule has 0 radical (unpaired) electrons. The van der Waals surface area contributed by atoms with Crippen molar-refractivity contribution in [2.45, 2.75) is 51.1 Å². The third-order valence-corrected chi connectivity index (χ3v) is 5.24. The van der Waals surface area contributed by atoms with Crippen LogP contribution in [0.15, 0.2) is 24.3 Å². The van der Waals surface area contributed by atoms with Gasteiger partial charge in [0, 0.05) is 23.3 Å². The fourth-order valence-electron chi connectivity index (χ4n) is 3.59. The highest BCUT2D eigenvalue weighted by Gasteiger charge is 2.53. The first kappa shape index (κ1) is 17.5. The monoisotopic (exact) mass is 336 g/mol. The van der Waals surface area contributed by atoms with Crippen LogP contribution in [0.5, 0.6) is 0 Å². The van der Waals surface area contributed by atoms with Gasteiger partial charge in [-0.25, -0.2) is 0 Å². The van der Waals surface area contributed by atoms with Crippen LogP contribution in [-0.4, -0.2) is 34.6 Å². The van der Waals surface area contributed by atoms with Gasteiger partial charge in [-0.3, -0.25) is 4.79 Å². The number of carbonyl (C=O) groups is 1. The van der Waals surface area contributed by atoms with Crippen molar-refractivity contribution >= 4 is 5.91 Å². The van der Waals surface area contributed by atoms with Crippen LogP contribution in [0.2, 0.25) is 0 Å². The van der Waals surface area contributed by atoms with E-state index in [0.717, 1.165) is 30.4 Å². The normalized spacial score (nSPS) is 25.4. The molecule has 1 N–H and O–H groups in total. The average Bonchev–Trinajstić information content (AvgIpc) is 2.52. The number of aliphatic hydroxyl groups is 1. The van der Waals surface area contributed by atoms with Gasteiger partial charge in [0.2, 0.25) is 5.91 Å². The highest BCUT2D eigenvalue weighted by Crippen LogP contribution is 2.43. The largest absolute Gasteiger partial charge is 0.394 e. The first-order chi connectivity index (χ1) is 12.1. The molecule has 1 aliphatic carbocycles. The smallest absolute Gasteiger partial charge is 0.227 e. The van der Waals surface area contributed by atoms with Gasteiger partial charge >= 0.3 is 0 Å². The number of benzene rings is 1. The maximum atomic E-state index is 12.6. The van der Waals surface area contributed by atoms with E-state index in [2.05, 4.69) is 17.9 Å². The lowest BCUT2D eigenvalue weighted by molar-refractivity contribution is -0.154. The van der Waals surface area contributed by atoms with E-state index < -0.39 is 6.04 Å². The molecule has 4 nitrogen and oxygen atoms in total. The van der Waals surface area contributed by atoms with Crippen molar-refractivity contribution < 1.29 is 9.90 Å². The second-order valence-corrected chi connectivity index (χ2v) is 7.27. The van der Waals surface area contributed by atoms with E-state index in [0.29, 0.717) is 5.92 Å². The topological polar surface area (TPSA) is 64.3 Å². The fourth-order valence-corrected chi connectivity index (χ4v) is 3.59. The summed E-state index contributed by atoms with van der Waals surface area (Å²) in [4.78, 5) is 14.2. The molecule has 2 aliphatic rings. The molecule has 1 amide bonds. The lowest BCUT2D eigenvalue weighted by Gasteiger charge is -2.53. The van der Waals surface area contributed by atoms with Gasteiger partial charge in [-0.05, 0) is 30.5 Å². The van der Waals surface area contributed by atoms with Gasteiger partial charge in [-0.1, -0.05) is 44.2 Å². The molecule has 3 atom stereocenters. The van der Waals surface area contributed by atoms with Crippen LogP contribution in [0.4, 0.5) is 0 Å². The van der Waals surface area contributed by atoms with Crippen molar-refractivity contribution in [3.05, 3.63) is 35.4 Å². The Bertz CT molecular complexity index is 732. The third-order valence-electron chi connectivity index (χ3n) is 5.24. The van der Waals surface area contributed by atoms with Crippen LogP contribution in [0.1, 0.15) is 50.2 Å². The van der Waals surface area contributed by atoms with E-state index in [1.54, 1.807) is 4.90 Å². The first-order valence-corrected chi connectivity index (χ1v) is 9.01. The predicted octanol–water partition coefficient (Wildman–Crippen LogP) is 2.67. The zero-order valence-corrected chi connectivity index (χ0v) is 14.8. The average molecular weight is 336 g/mol. The van der Waals surface area contributed by atoms with Gasteiger partial charge < -0.3 is 10.0 Å². The molecule has 0 unspecified atom stereocenters. The summed E-state index contributed by atoms with van der Waals surface area (Å²) in [6, 6.07) is 9.31. The van der Waals surface area contributed by atoms with E-state index in [-0.39, 0.29) is 30.4 Å². The van der Waals surface area contributed by atoms with Crippen LogP contribution in [0, 0.1) is 35.0 Å². The first-order valence-electron chi connectivity index (χ1n) is 9.01.